The second kappa shape index (κ2) is 4.59. The zero-order chi connectivity index (χ0) is 12.4. The number of para-hydroxylation sites is 1. The minimum Gasteiger partial charge on any atom is -0.480 e. The van der Waals surface area contributed by atoms with Gasteiger partial charge < -0.3 is 9.52 Å². The molecule has 0 aliphatic carbocycles. The standard InChI is InChI=1S/C13H15NO3/c1-9(13(15)16)14(2)8-11-7-10-5-3-4-6-12(10)17-11/h3-7,9H,8H2,1-2H3,(H,15,16). The number of likely N-dealkylation sites (N-methyl/N-ethyl adjacent to an activating group) is 1. The maximum atomic E-state index is 10.8. The van der Waals surface area contributed by atoms with Crippen molar-refractivity contribution in [3.8, 4) is 0 Å². The molecule has 2 aromatic rings. The van der Waals surface area contributed by atoms with E-state index >= 15 is 0 Å². The van der Waals surface area contributed by atoms with Gasteiger partial charge in [-0.05, 0) is 26.1 Å². The molecule has 0 radical (unpaired) electrons. The average molecular weight is 233 g/mol. The van der Waals surface area contributed by atoms with Crippen molar-refractivity contribution in [3.63, 3.8) is 0 Å². The molecular weight excluding hydrogens is 218 g/mol. The second-order valence-corrected chi connectivity index (χ2v) is 4.18. The molecule has 0 saturated carbocycles. The molecule has 0 spiro atoms. The van der Waals surface area contributed by atoms with Crippen molar-refractivity contribution in [2.24, 2.45) is 0 Å². The van der Waals surface area contributed by atoms with Gasteiger partial charge in [-0.2, -0.15) is 0 Å². The molecule has 0 amide bonds. The quantitative estimate of drug-likeness (QED) is 0.880. The Hall–Kier alpha value is -1.81. The number of carbonyl (C=O) groups is 1. The number of carboxylic acids is 1. The Morgan fingerprint density at radius 1 is 1.47 bits per heavy atom. The third kappa shape index (κ3) is 2.47. The summed E-state index contributed by atoms with van der Waals surface area (Å²) in [5.74, 6) is -0.0505. The second-order valence-electron chi connectivity index (χ2n) is 4.18. The summed E-state index contributed by atoms with van der Waals surface area (Å²) in [4.78, 5) is 12.6. The normalized spacial score (nSPS) is 13.1. The highest BCUT2D eigenvalue weighted by Gasteiger charge is 2.18. The first-order valence-corrected chi connectivity index (χ1v) is 5.48. The van der Waals surface area contributed by atoms with Crippen LogP contribution in [0.25, 0.3) is 11.0 Å². The number of fused-ring (bicyclic) bond motifs is 1. The first kappa shape index (κ1) is 11.7. The van der Waals surface area contributed by atoms with Crippen molar-refractivity contribution in [2.75, 3.05) is 7.05 Å². The highest BCUT2D eigenvalue weighted by molar-refractivity contribution is 5.77. The highest BCUT2D eigenvalue weighted by atomic mass is 16.4. The number of benzene rings is 1. The van der Waals surface area contributed by atoms with Crippen molar-refractivity contribution in [1.82, 2.24) is 4.90 Å². The lowest BCUT2D eigenvalue weighted by molar-refractivity contribution is -0.142. The molecule has 1 unspecified atom stereocenters. The predicted octanol–water partition coefficient (Wildman–Crippen LogP) is 2.34. The molecule has 1 N–H and O–H groups in total. The minimum absolute atomic E-state index is 0.488. The summed E-state index contributed by atoms with van der Waals surface area (Å²) in [7, 11) is 1.77. The zero-order valence-corrected chi connectivity index (χ0v) is 9.88. The van der Waals surface area contributed by atoms with E-state index in [-0.39, 0.29) is 0 Å². The minimum atomic E-state index is -0.830. The first-order chi connectivity index (χ1) is 8.08. The van der Waals surface area contributed by atoms with Gasteiger partial charge in [-0.3, -0.25) is 9.69 Å². The molecule has 1 aromatic carbocycles. The van der Waals surface area contributed by atoms with Crippen molar-refractivity contribution >= 4 is 16.9 Å². The van der Waals surface area contributed by atoms with Crippen LogP contribution in [0.1, 0.15) is 12.7 Å². The molecule has 0 aliphatic rings. The van der Waals surface area contributed by atoms with Crippen LogP contribution in [0.2, 0.25) is 0 Å². The highest BCUT2D eigenvalue weighted by Crippen LogP contribution is 2.20. The van der Waals surface area contributed by atoms with E-state index < -0.39 is 12.0 Å². The van der Waals surface area contributed by atoms with E-state index in [2.05, 4.69) is 0 Å². The third-order valence-corrected chi connectivity index (χ3v) is 2.90. The van der Waals surface area contributed by atoms with Gasteiger partial charge in [0.05, 0.1) is 6.54 Å². The first-order valence-electron chi connectivity index (χ1n) is 5.48. The molecule has 17 heavy (non-hydrogen) atoms. The molecule has 0 bridgehead atoms. The van der Waals surface area contributed by atoms with Gasteiger partial charge in [-0.15, -0.1) is 0 Å². The summed E-state index contributed by atoms with van der Waals surface area (Å²) in [6, 6.07) is 9.16. The van der Waals surface area contributed by atoms with E-state index in [4.69, 9.17) is 9.52 Å². The largest absolute Gasteiger partial charge is 0.480 e. The number of furan rings is 1. The van der Waals surface area contributed by atoms with Gasteiger partial charge in [-0.25, -0.2) is 0 Å². The summed E-state index contributed by atoms with van der Waals surface area (Å²) in [5, 5.41) is 9.94. The molecule has 1 aromatic heterocycles. The number of carboxylic acid groups (broad SMARTS) is 1. The maximum absolute atomic E-state index is 10.8. The topological polar surface area (TPSA) is 53.7 Å². The predicted molar refractivity (Wildman–Crippen MR) is 64.8 cm³/mol. The van der Waals surface area contributed by atoms with Gasteiger partial charge in [0.1, 0.15) is 17.4 Å². The summed E-state index contributed by atoms with van der Waals surface area (Å²) in [6.45, 7) is 2.15. The zero-order valence-electron chi connectivity index (χ0n) is 9.88. The van der Waals surface area contributed by atoms with E-state index in [1.165, 1.54) is 0 Å². The van der Waals surface area contributed by atoms with Crippen LogP contribution >= 0.6 is 0 Å². The summed E-state index contributed by atoms with van der Waals surface area (Å²) < 4.78 is 5.63. The lowest BCUT2D eigenvalue weighted by atomic mass is 10.2. The lowest BCUT2D eigenvalue weighted by Gasteiger charge is -2.19. The van der Waals surface area contributed by atoms with E-state index in [1.807, 2.05) is 30.3 Å². The molecule has 4 heteroatoms. The molecular formula is C13H15NO3. The smallest absolute Gasteiger partial charge is 0.320 e. The molecule has 2 rings (SSSR count). The number of hydrogen-bond donors (Lipinski definition) is 1. The number of aliphatic carboxylic acids is 1. The van der Waals surface area contributed by atoms with Gasteiger partial charge in [0, 0.05) is 5.39 Å². The van der Waals surface area contributed by atoms with E-state index in [0.29, 0.717) is 6.54 Å². The van der Waals surface area contributed by atoms with Gasteiger partial charge >= 0.3 is 5.97 Å². The molecule has 4 nitrogen and oxygen atoms in total. The Morgan fingerprint density at radius 3 is 2.82 bits per heavy atom. The van der Waals surface area contributed by atoms with Crippen LogP contribution in [0.15, 0.2) is 34.7 Å². The molecule has 1 atom stereocenters. The molecule has 0 saturated heterocycles. The Kier molecular flexibility index (Phi) is 3.15. The summed E-state index contributed by atoms with van der Waals surface area (Å²) in [6.07, 6.45) is 0. The fourth-order valence-corrected chi connectivity index (χ4v) is 1.69. The summed E-state index contributed by atoms with van der Waals surface area (Å²) >= 11 is 0. The van der Waals surface area contributed by atoms with Crippen molar-refractivity contribution in [1.29, 1.82) is 0 Å². The van der Waals surface area contributed by atoms with Crippen LogP contribution in [0.5, 0.6) is 0 Å². The van der Waals surface area contributed by atoms with Gasteiger partial charge in [0.15, 0.2) is 0 Å². The van der Waals surface area contributed by atoms with E-state index in [1.54, 1.807) is 18.9 Å². The van der Waals surface area contributed by atoms with Crippen LogP contribution in [0.3, 0.4) is 0 Å². The Morgan fingerprint density at radius 2 is 2.18 bits per heavy atom. The monoisotopic (exact) mass is 233 g/mol. The SMILES string of the molecule is CC(C(=O)O)N(C)Cc1cc2ccccc2o1. The van der Waals surface area contributed by atoms with Crippen LogP contribution in [0, 0.1) is 0 Å². The van der Waals surface area contributed by atoms with Crippen LogP contribution in [-0.2, 0) is 11.3 Å². The van der Waals surface area contributed by atoms with Crippen LogP contribution in [0.4, 0.5) is 0 Å². The van der Waals surface area contributed by atoms with Gasteiger partial charge in [-0.1, -0.05) is 18.2 Å². The van der Waals surface area contributed by atoms with Gasteiger partial charge in [0.25, 0.3) is 0 Å². The summed E-state index contributed by atoms with van der Waals surface area (Å²) in [5.41, 5.74) is 0.832. The Balaban J connectivity index is 2.15. The van der Waals surface area contributed by atoms with Crippen molar-refractivity contribution in [2.45, 2.75) is 19.5 Å². The van der Waals surface area contributed by atoms with E-state index in [9.17, 15) is 4.79 Å². The van der Waals surface area contributed by atoms with Crippen molar-refractivity contribution in [3.05, 3.63) is 36.1 Å². The van der Waals surface area contributed by atoms with Crippen LogP contribution < -0.4 is 0 Å². The Labute approximate surface area is 99.4 Å². The fourth-order valence-electron chi connectivity index (χ4n) is 1.69. The van der Waals surface area contributed by atoms with Crippen LogP contribution in [-0.4, -0.2) is 29.1 Å². The number of hydrogen-bond acceptors (Lipinski definition) is 3. The number of rotatable bonds is 4. The molecule has 0 aliphatic heterocycles. The lowest BCUT2D eigenvalue weighted by Crippen LogP contribution is -2.35. The molecule has 90 valence electrons. The fraction of sp³-hybridized carbons (Fsp3) is 0.308. The Bertz CT molecular complexity index is 499. The molecule has 1 heterocycles. The average Bonchev–Trinajstić information content (AvgIpc) is 2.69. The van der Waals surface area contributed by atoms with Crippen molar-refractivity contribution < 1.29 is 14.3 Å². The van der Waals surface area contributed by atoms with E-state index in [0.717, 1.165) is 16.7 Å². The maximum Gasteiger partial charge on any atom is 0.320 e. The van der Waals surface area contributed by atoms with Gasteiger partial charge in [0.2, 0.25) is 0 Å². The third-order valence-electron chi connectivity index (χ3n) is 2.90. The molecule has 0 fully saturated rings. The number of nitrogens with zero attached hydrogens (tertiary/aromatic N) is 1.